The summed E-state index contributed by atoms with van der Waals surface area (Å²) in [6.07, 6.45) is 0. The molecule has 0 unspecified atom stereocenters. The lowest BCUT2D eigenvalue weighted by atomic mass is 10.1. The molecule has 1 aromatic heterocycles. The summed E-state index contributed by atoms with van der Waals surface area (Å²) >= 11 is 0. The Bertz CT molecular complexity index is 1380. The van der Waals surface area contributed by atoms with Gasteiger partial charge < -0.3 is 10.3 Å². The topological polar surface area (TPSA) is 48.0 Å². The van der Waals surface area contributed by atoms with Crippen molar-refractivity contribution in [2.75, 3.05) is 0 Å². The largest absolute Gasteiger partial charge is 0.366 e. The normalized spacial score (nSPS) is 11.5. The third kappa shape index (κ3) is 2.54. The molecule has 0 spiro atoms. The fourth-order valence-electron chi connectivity index (χ4n) is 3.93. The van der Waals surface area contributed by atoms with Gasteiger partial charge in [-0.2, -0.15) is 0 Å². The maximum atomic E-state index is 13.9. The number of hydrogen-bond acceptors (Lipinski definition) is 1. The number of carbonyl (C=O) groups excluding carboxylic acids is 1. The third-order valence-electron chi connectivity index (χ3n) is 5.18. The fraction of sp³-hybridized carbons (Fsp3) is 0.0417. The molecule has 1 radical (unpaired) electrons. The molecule has 1 heterocycles. The molecule has 1 amide bonds. The zero-order valence-electron chi connectivity index (χ0n) is 14.9. The van der Waals surface area contributed by atoms with Gasteiger partial charge >= 0.3 is 0 Å². The predicted molar refractivity (Wildman–Crippen MR) is 110 cm³/mol. The highest BCUT2D eigenvalue weighted by Gasteiger charge is 2.17. The molecule has 5 rings (SSSR count). The second-order valence-corrected chi connectivity index (χ2v) is 6.90. The summed E-state index contributed by atoms with van der Waals surface area (Å²) in [6, 6.07) is 25.8. The highest BCUT2D eigenvalue weighted by molar-refractivity contribution is 6.17. The average Bonchev–Trinajstić information content (AvgIpc) is 3.01. The Balaban J connectivity index is 1.77. The maximum absolute atomic E-state index is 13.9. The van der Waals surface area contributed by atoms with Gasteiger partial charge in [-0.1, -0.05) is 42.5 Å². The SMILES string of the molecule is NC(=O)c1cccc2c1c1[c]c(F)ccc1n2Cc1ccc2ccccc2c1. The first-order valence-electron chi connectivity index (χ1n) is 9.02. The quantitative estimate of drug-likeness (QED) is 0.477. The van der Waals surface area contributed by atoms with Gasteiger partial charge in [-0.15, -0.1) is 0 Å². The van der Waals surface area contributed by atoms with E-state index in [1.165, 1.54) is 11.5 Å². The minimum atomic E-state index is -0.534. The van der Waals surface area contributed by atoms with Gasteiger partial charge in [-0.25, -0.2) is 4.39 Å². The molecule has 0 fully saturated rings. The van der Waals surface area contributed by atoms with Crippen LogP contribution in [0.3, 0.4) is 0 Å². The monoisotopic (exact) mass is 367 g/mol. The number of rotatable bonds is 3. The molecule has 0 aliphatic carbocycles. The summed E-state index contributed by atoms with van der Waals surface area (Å²) in [4.78, 5) is 12.0. The Morgan fingerprint density at radius 3 is 2.57 bits per heavy atom. The van der Waals surface area contributed by atoms with Crippen molar-refractivity contribution in [1.82, 2.24) is 4.57 Å². The van der Waals surface area contributed by atoms with E-state index in [-0.39, 0.29) is 0 Å². The van der Waals surface area contributed by atoms with Crippen LogP contribution < -0.4 is 5.73 Å². The molecule has 4 heteroatoms. The van der Waals surface area contributed by atoms with Gasteiger partial charge in [-0.3, -0.25) is 4.79 Å². The number of aromatic nitrogens is 1. The van der Waals surface area contributed by atoms with Crippen LogP contribution in [0.15, 0.2) is 72.8 Å². The van der Waals surface area contributed by atoms with E-state index in [9.17, 15) is 9.18 Å². The molecule has 0 bridgehead atoms. The molecule has 2 N–H and O–H groups in total. The molecule has 3 nitrogen and oxygen atoms in total. The number of nitrogens with two attached hydrogens (primary N) is 1. The van der Waals surface area contributed by atoms with Gasteiger partial charge in [-0.05, 0) is 46.7 Å². The molecular formula is C24H16FN2O. The molecule has 135 valence electrons. The molecule has 4 aromatic carbocycles. The average molecular weight is 367 g/mol. The van der Waals surface area contributed by atoms with Gasteiger partial charge in [0.25, 0.3) is 0 Å². The van der Waals surface area contributed by atoms with Crippen molar-refractivity contribution in [1.29, 1.82) is 0 Å². The second-order valence-electron chi connectivity index (χ2n) is 6.90. The molecule has 0 atom stereocenters. The number of amides is 1. The zero-order chi connectivity index (χ0) is 19.3. The number of primary amides is 1. The van der Waals surface area contributed by atoms with Crippen LogP contribution in [0.1, 0.15) is 15.9 Å². The van der Waals surface area contributed by atoms with Crippen LogP contribution in [-0.2, 0) is 6.54 Å². The van der Waals surface area contributed by atoms with Crippen LogP contribution in [-0.4, -0.2) is 10.5 Å². The van der Waals surface area contributed by atoms with E-state index < -0.39 is 11.7 Å². The highest BCUT2D eigenvalue weighted by Crippen LogP contribution is 2.32. The standard InChI is InChI=1S/C24H16FN2O/c25-18-10-11-21-20(13-18)23-19(24(26)28)6-3-7-22(23)27(21)14-15-8-9-16-4-1-2-5-17(16)12-15/h1-12H,14H2,(H2,26,28). The number of fused-ring (bicyclic) bond motifs is 4. The summed E-state index contributed by atoms with van der Waals surface area (Å²) in [5.74, 6) is -0.996. The van der Waals surface area contributed by atoms with Crippen molar-refractivity contribution in [3.63, 3.8) is 0 Å². The third-order valence-corrected chi connectivity index (χ3v) is 5.18. The first kappa shape index (κ1) is 16.5. The van der Waals surface area contributed by atoms with E-state index in [2.05, 4.69) is 41.0 Å². The second kappa shape index (κ2) is 6.20. The molecular weight excluding hydrogens is 351 g/mol. The van der Waals surface area contributed by atoms with Gasteiger partial charge in [0.2, 0.25) is 5.91 Å². The summed E-state index contributed by atoms with van der Waals surface area (Å²) in [7, 11) is 0. The number of nitrogens with zero attached hydrogens (tertiary/aromatic N) is 1. The van der Waals surface area contributed by atoms with Gasteiger partial charge in [0.05, 0.1) is 11.0 Å². The first-order chi connectivity index (χ1) is 13.6. The van der Waals surface area contributed by atoms with Gasteiger partial charge in [0.15, 0.2) is 0 Å². The molecule has 0 aliphatic heterocycles. The summed E-state index contributed by atoms with van der Waals surface area (Å²) in [5, 5.41) is 3.56. The van der Waals surface area contributed by atoms with Crippen LogP contribution in [0, 0.1) is 11.9 Å². The zero-order valence-corrected chi connectivity index (χ0v) is 14.9. The van der Waals surface area contributed by atoms with Gasteiger partial charge in [0.1, 0.15) is 5.82 Å². The maximum Gasteiger partial charge on any atom is 0.249 e. The van der Waals surface area contributed by atoms with Crippen LogP contribution in [0.5, 0.6) is 0 Å². The predicted octanol–water partition coefficient (Wildman–Crippen LogP) is 5.03. The van der Waals surface area contributed by atoms with Crippen molar-refractivity contribution >= 4 is 38.5 Å². The summed E-state index contributed by atoms with van der Waals surface area (Å²) < 4.78 is 16.0. The molecule has 28 heavy (non-hydrogen) atoms. The lowest BCUT2D eigenvalue weighted by Gasteiger charge is -2.09. The molecule has 5 aromatic rings. The number of hydrogen-bond donors (Lipinski definition) is 1. The van der Waals surface area contributed by atoms with E-state index in [1.807, 2.05) is 18.2 Å². The Kier molecular flexibility index (Phi) is 3.66. The first-order valence-corrected chi connectivity index (χ1v) is 9.02. The van der Waals surface area contributed by atoms with Crippen molar-refractivity contribution in [3.8, 4) is 0 Å². The fourth-order valence-corrected chi connectivity index (χ4v) is 3.93. The van der Waals surface area contributed by atoms with Gasteiger partial charge in [0, 0.05) is 28.9 Å². The lowest BCUT2D eigenvalue weighted by Crippen LogP contribution is -2.11. The Labute approximate surface area is 160 Å². The van der Waals surface area contributed by atoms with E-state index in [0.717, 1.165) is 22.0 Å². The van der Waals surface area contributed by atoms with E-state index in [4.69, 9.17) is 5.73 Å². The van der Waals surface area contributed by atoms with Crippen molar-refractivity contribution < 1.29 is 9.18 Å². The number of benzene rings is 4. The van der Waals surface area contributed by atoms with Crippen LogP contribution in [0.4, 0.5) is 4.39 Å². The van der Waals surface area contributed by atoms with Crippen LogP contribution >= 0.6 is 0 Å². The minimum Gasteiger partial charge on any atom is -0.366 e. The smallest absolute Gasteiger partial charge is 0.249 e. The molecule has 0 aliphatic rings. The molecule has 0 saturated carbocycles. The Morgan fingerprint density at radius 1 is 0.929 bits per heavy atom. The summed E-state index contributed by atoms with van der Waals surface area (Å²) in [5.41, 5.74) is 8.72. The number of carbonyl (C=O) groups is 1. The lowest BCUT2D eigenvalue weighted by molar-refractivity contribution is 0.100. The Morgan fingerprint density at radius 2 is 1.75 bits per heavy atom. The van der Waals surface area contributed by atoms with Crippen LogP contribution in [0.2, 0.25) is 0 Å². The van der Waals surface area contributed by atoms with Crippen LogP contribution in [0.25, 0.3) is 32.6 Å². The van der Waals surface area contributed by atoms with E-state index >= 15 is 0 Å². The Hall–Kier alpha value is -3.66. The van der Waals surface area contributed by atoms with E-state index in [1.54, 1.807) is 18.2 Å². The van der Waals surface area contributed by atoms with Crippen molar-refractivity contribution in [2.24, 2.45) is 5.73 Å². The highest BCUT2D eigenvalue weighted by atomic mass is 19.1. The van der Waals surface area contributed by atoms with E-state index in [0.29, 0.717) is 22.9 Å². The minimum absolute atomic E-state index is 0.376. The molecule has 0 saturated heterocycles. The number of halogens is 1. The van der Waals surface area contributed by atoms with Crippen molar-refractivity contribution in [3.05, 3.63) is 95.8 Å². The summed E-state index contributed by atoms with van der Waals surface area (Å²) in [6.45, 7) is 0.590. The van der Waals surface area contributed by atoms with Crippen molar-refractivity contribution in [2.45, 2.75) is 6.54 Å².